The van der Waals surface area contributed by atoms with Crippen LogP contribution >= 0.6 is 0 Å². The van der Waals surface area contributed by atoms with Crippen molar-refractivity contribution in [2.24, 2.45) is 0 Å². The lowest BCUT2D eigenvalue weighted by atomic mass is 10.1. The van der Waals surface area contributed by atoms with Crippen molar-refractivity contribution in [1.29, 1.82) is 0 Å². The van der Waals surface area contributed by atoms with Crippen molar-refractivity contribution in [1.82, 2.24) is 0 Å². The second kappa shape index (κ2) is 6.10. The van der Waals surface area contributed by atoms with E-state index in [0.29, 0.717) is 12.2 Å². The monoisotopic (exact) mass is 240 g/mol. The highest BCUT2D eigenvalue weighted by atomic mass is 16.6. The lowest BCUT2D eigenvalue weighted by molar-refractivity contribution is -0.152. The molecule has 1 rings (SSSR count). The minimum atomic E-state index is -0.682. The summed E-state index contributed by atoms with van der Waals surface area (Å²) in [7, 11) is 4.25. The SMILES string of the molecule is COC(=O)C(Cc1ccc(O)cc1OC)OC. The van der Waals surface area contributed by atoms with Crippen LogP contribution in [0.5, 0.6) is 11.5 Å². The largest absolute Gasteiger partial charge is 0.508 e. The van der Waals surface area contributed by atoms with Gasteiger partial charge in [0, 0.05) is 19.6 Å². The van der Waals surface area contributed by atoms with Gasteiger partial charge >= 0.3 is 5.97 Å². The summed E-state index contributed by atoms with van der Waals surface area (Å²) < 4.78 is 14.8. The van der Waals surface area contributed by atoms with Crippen LogP contribution < -0.4 is 4.74 Å². The van der Waals surface area contributed by atoms with E-state index in [0.717, 1.165) is 5.56 Å². The third-order valence-corrected chi connectivity index (χ3v) is 2.42. The molecule has 5 heteroatoms. The van der Waals surface area contributed by atoms with Crippen molar-refractivity contribution in [3.63, 3.8) is 0 Å². The molecule has 17 heavy (non-hydrogen) atoms. The van der Waals surface area contributed by atoms with Crippen molar-refractivity contribution < 1.29 is 24.1 Å². The number of carbonyl (C=O) groups is 1. The van der Waals surface area contributed by atoms with Crippen molar-refractivity contribution in [2.75, 3.05) is 21.3 Å². The molecule has 0 heterocycles. The summed E-state index contributed by atoms with van der Waals surface area (Å²) in [5, 5.41) is 9.31. The zero-order valence-corrected chi connectivity index (χ0v) is 10.1. The van der Waals surface area contributed by atoms with E-state index in [1.54, 1.807) is 6.07 Å². The number of carbonyl (C=O) groups excluding carboxylic acids is 1. The Morgan fingerprint density at radius 2 is 2.06 bits per heavy atom. The van der Waals surface area contributed by atoms with E-state index >= 15 is 0 Å². The third kappa shape index (κ3) is 3.35. The third-order valence-electron chi connectivity index (χ3n) is 2.42. The predicted octanol–water partition coefficient (Wildman–Crippen LogP) is 1.13. The first-order valence-electron chi connectivity index (χ1n) is 5.08. The van der Waals surface area contributed by atoms with Gasteiger partial charge in [0.15, 0.2) is 6.10 Å². The molecule has 1 aromatic rings. The molecule has 1 N–H and O–H groups in total. The molecule has 0 aliphatic carbocycles. The zero-order chi connectivity index (χ0) is 12.8. The minimum Gasteiger partial charge on any atom is -0.508 e. The van der Waals surface area contributed by atoms with Crippen LogP contribution in [0, 0.1) is 0 Å². The smallest absolute Gasteiger partial charge is 0.335 e. The van der Waals surface area contributed by atoms with E-state index in [1.807, 2.05) is 0 Å². The van der Waals surface area contributed by atoms with Crippen molar-refractivity contribution in [3.8, 4) is 11.5 Å². The first-order valence-corrected chi connectivity index (χ1v) is 5.08. The highest BCUT2D eigenvalue weighted by Gasteiger charge is 2.20. The van der Waals surface area contributed by atoms with Gasteiger partial charge in [0.2, 0.25) is 0 Å². The Labute approximate surface area is 99.9 Å². The molecule has 0 fully saturated rings. The summed E-state index contributed by atoms with van der Waals surface area (Å²) >= 11 is 0. The molecule has 1 unspecified atom stereocenters. The highest BCUT2D eigenvalue weighted by molar-refractivity contribution is 5.75. The molecule has 0 saturated carbocycles. The molecular formula is C12H16O5. The number of benzene rings is 1. The molecule has 0 bridgehead atoms. The van der Waals surface area contributed by atoms with Gasteiger partial charge in [0.25, 0.3) is 0 Å². The van der Waals surface area contributed by atoms with Gasteiger partial charge in [-0.25, -0.2) is 4.79 Å². The van der Waals surface area contributed by atoms with Gasteiger partial charge in [-0.1, -0.05) is 6.07 Å². The summed E-state index contributed by atoms with van der Waals surface area (Å²) in [5.41, 5.74) is 0.766. The molecule has 0 saturated heterocycles. The predicted molar refractivity (Wildman–Crippen MR) is 61.2 cm³/mol. The molecule has 0 aromatic heterocycles. The average molecular weight is 240 g/mol. The number of ether oxygens (including phenoxy) is 3. The van der Waals surface area contributed by atoms with Crippen molar-refractivity contribution >= 4 is 5.97 Å². The number of esters is 1. The number of hydrogen-bond donors (Lipinski definition) is 1. The zero-order valence-electron chi connectivity index (χ0n) is 10.1. The lowest BCUT2D eigenvalue weighted by Crippen LogP contribution is -2.26. The van der Waals surface area contributed by atoms with Gasteiger partial charge in [0.1, 0.15) is 11.5 Å². The molecule has 0 aliphatic heterocycles. The summed E-state index contributed by atoms with van der Waals surface area (Å²) in [6.07, 6.45) is -0.356. The Morgan fingerprint density at radius 3 is 2.59 bits per heavy atom. The number of rotatable bonds is 5. The van der Waals surface area contributed by atoms with E-state index < -0.39 is 12.1 Å². The fourth-order valence-corrected chi connectivity index (χ4v) is 1.50. The summed E-state index contributed by atoms with van der Waals surface area (Å²) in [4.78, 5) is 11.4. The highest BCUT2D eigenvalue weighted by Crippen LogP contribution is 2.25. The number of aromatic hydroxyl groups is 1. The van der Waals surface area contributed by atoms with E-state index in [9.17, 15) is 9.90 Å². The Morgan fingerprint density at radius 1 is 1.35 bits per heavy atom. The molecular weight excluding hydrogens is 224 g/mol. The number of phenols is 1. The Bertz CT molecular complexity index is 388. The fraction of sp³-hybridized carbons (Fsp3) is 0.417. The molecule has 94 valence electrons. The average Bonchev–Trinajstić information content (AvgIpc) is 2.36. The Hall–Kier alpha value is -1.75. The quantitative estimate of drug-likeness (QED) is 0.781. The second-order valence-electron chi connectivity index (χ2n) is 3.45. The maximum Gasteiger partial charge on any atom is 0.335 e. The Balaban J connectivity index is 2.89. The molecule has 5 nitrogen and oxygen atoms in total. The van der Waals surface area contributed by atoms with E-state index in [4.69, 9.17) is 9.47 Å². The van der Waals surface area contributed by atoms with Gasteiger partial charge in [-0.3, -0.25) is 0 Å². The van der Waals surface area contributed by atoms with E-state index in [2.05, 4.69) is 4.74 Å². The van der Waals surface area contributed by atoms with E-state index in [-0.39, 0.29) is 5.75 Å². The Kier molecular flexibility index (Phi) is 4.78. The second-order valence-corrected chi connectivity index (χ2v) is 3.45. The number of phenolic OH excluding ortho intramolecular Hbond substituents is 1. The van der Waals surface area contributed by atoms with Gasteiger partial charge in [-0.2, -0.15) is 0 Å². The molecule has 0 amide bonds. The summed E-state index contributed by atoms with van der Waals surface area (Å²) in [6.45, 7) is 0. The standard InChI is InChI=1S/C12H16O5/c1-15-10-7-9(13)5-4-8(10)6-11(16-2)12(14)17-3/h4-5,7,11,13H,6H2,1-3H3. The maximum atomic E-state index is 11.4. The molecule has 1 aromatic carbocycles. The van der Waals surface area contributed by atoms with Crippen LogP contribution in [0.1, 0.15) is 5.56 Å². The maximum absolute atomic E-state index is 11.4. The topological polar surface area (TPSA) is 65.0 Å². The van der Waals surface area contributed by atoms with Crippen LogP contribution in [0.15, 0.2) is 18.2 Å². The van der Waals surface area contributed by atoms with Crippen LogP contribution in [0.2, 0.25) is 0 Å². The van der Waals surface area contributed by atoms with Crippen molar-refractivity contribution in [2.45, 2.75) is 12.5 Å². The lowest BCUT2D eigenvalue weighted by Gasteiger charge is -2.15. The number of hydrogen-bond acceptors (Lipinski definition) is 5. The van der Waals surface area contributed by atoms with Crippen LogP contribution in [-0.2, 0) is 20.7 Å². The molecule has 0 spiro atoms. The first kappa shape index (κ1) is 13.3. The van der Waals surface area contributed by atoms with Gasteiger partial charge in [0.05, 0.1) is 14.2 Å². The van der Waals surface area contributed by atoms with Crippen molar-refractivity contribution in [3.05, 3.63) is 23.8 Å². The first-order chi connectivity index (χ1) is 8.12. The van der Waals surface area contributed by atoms with Gasteiger partial charge < -0.3 is 19.3 Å². The number of methoxy groups -OCH3 is 3. The normalized spacial score (nSPS) is 11.9. The van der Waals surface area contributed by atoms with Crippen LogP contribution in [0.25, 0.3) is 0 Å². The fourth-order valence-electron chi connectivity index (χ4n) is 1.50. The van der Waals surface area contributed by atoms with Gasteiger partial charge in [-0.15, -0.1) is 0 Å². The summed E-state index contributed by atoms with van der Waals surface area (Å²) in [5.74, 6) is 0.177. The molecule has 1 atom stereocenters. The molecule has 0 aliphatic rings. The van der Waals surface area contributed by atoms with Crippen LogP contribution in [0.3, 0.4) is 0 Å². The van der Waals surface area contributed by atoms with Crippen LogP contribution in [-0.4, -0.2) is 38.5 Å². The van der Waals surface area contributed by atoms with Crippen LogP contribution in [0.4, 0.5) is 0 Å². The molecule has 0 radical (unpaired) electrons. The van der Waals surface area contributed by atoms with Gasteiger partial charge in [-0.05, 0) is 11.6 Å². The minimum absolute atomic E-state index is 0.109. The summed E-state index contributed by atoms with van der Waals surface area (Å²) in [6, 6.07) is 4.70. The van der Waals surface area contributed by atoms with E-state index in [1.165, 1.54) is 33.5 Å².